The zero-order chi connectivity index (χ0) is 15.3. The van der Waals surface area contributed by atoms with E-state index in [1.807, 2.05) is 0 Å². The zero-order valence-electron chi connectivity index (χ0n) is 10.6. The van der Waals surface area contributed by atoms with Gasteiger partial charge in [0.1, 0.15) is 11.3 Å². The molecule has 0 bridgehead atoms. The molecule has 0 aliphatic heterocycles. The van der Waals surface area contributed by atoms with E-state index in [9.17, 15) is 18.0 Å². The van der Waals surface area contributed by atoms with Gasteiger partial charge in [0.15, 0.2) is 11.5 Å². The van der Waals surface area contributed by atoms with Crippen molar-refractivity contribution in [3.8, 4) is 11.5 Å². The molecular formula is C11H11ClF3NO4. The number of pyridine rings is 1. The fourth-order valence-electron chi connectivity index (χ4n) is 1.39. The number of aromatic nitrogens is 1. The van der Waals surface area contributed by atoms with Gasteiger partial charge in [-0.05, 0) is 6.92 Å². The van der Waals surface area contributed by atoms with E-state index in [0.29, 0.717) is 0 Å². The van der Waals surface area contributed by atoms with Crippen LogP contribution in [0.4, 0.5) is 13.2 Å². The van der Waals surface area contributed by atoms with Gasteiger partial charge in [-0.2, -0.15) is 0 Å². The topological polar surface area (TPSA) is 57.7 Å². The quantitative estimate of drug-likeness (QED) is 0.618. The van der Waals surface area contributed by atoms with Crippen molar-refractivity contribution in [2.75, 3.05) is 13.7 Å². The molecule has 9 heteroatoms. The summed E-state index contributed by atoms with van der Waals surface area (Å²) in [4.78, 5) is 15.3. The van der Waals surface area contributed by atoms with E-state index in [1.54, 1.807) is 6.92 Å². The van der Waals surface area contributed by atoms with Crippen LogP contribution < -0.4 is 9.47 Å². The molecule has 1 aromatic heterocycles. The van der Waals surface area contributed by atoms with E-state index in [4.69, 9.17) is 21.1 Å². The average Bonchev–Trinajstić information content (AvgIpc) is 2.36. The number of rotatable bonds is 5. The Morgan fingerprint density at radius 2 is 2.05 bits per heavy atom. The van der Waals surface area contributed by atoms with Gasteiger partial charge in [-0.3, -0.25) is 4.98 Å². The Morgan fingerprint density at radius 3 is 2.50 bits per heavy atom. The van der Waals surface area contributed by atoms with Crippen molar-refractivity contribution in [1.29, 1.82) is 0 Å². The molecule has 1 rings (SSSR count). The van der Waals surface area contributed by atoms with Crippen molar-refractivity contribution in [2.24, 2.45) is 0 Å². The minimum Gasteiger partial charge on any atom is -0.492 e. The molecule has 1 aromatic rings. The van der Waals surface area contributed by atoms with Crippen LogP contribution in [-0.2, 0) is 10.6 Å². The summed E-state index contributed by atoms with van der Waals surface area (Å²) in [5.74, 6) is -2.39. The molecular weight excluding hydrogens is 303 g/mol. The Balaban J connectivity index is 3.36. The molecule has 0 unspecified atom stereocenters. The summed E-state index contributed by atoms with van der Waals surface area (Å²) in [5, 5.41) is 0. The monoisotopic (exact) mass is 313 g/mol. The molecule has 0 radical (unpaired) electrons. The molecule has 0 aliphatic rings. The summed E-state index contributed by atoms with van der Waals surface area (Å²) >= 11 is 5.50. The maximum absolute atomic E-state index is 12.4. The predicted molar refractivity (Wildman–Crippen MR) is 63.0 cm³/mol. The minimum atomic E-state index is -4.97. The van der Waals surface area contributed by atoms with E-state index < -0.39 is 23.8 Å². The highest BCUT2D eigenvalue weighted by atomic mass is 35.5. The summed E-state index contributed by atoms with van der Waals surface area (Å²) in [7, 11) is 1.10. The van der Waals surface area contributed by atoms with Crippen molar-refractivity contribution >= 4 is 17.6 Å². The number of halogens is 4. The van der Waals surface area contributed by atoms with Crippen LogP contribution in [0, 0.1) is 0 Å². The minimum absolute atomic E-state index is 0.0503. The summed E-state index contributed by atoms with van der Waals surface area (Å²) in [6.07, 6.45) is -3.94. The van der Waals surface area contributed by atoms with Crippen LogP contribution in [-0.4, -0.2) is 31.0 Å². The van der Waals surface area contributed by atoms with Crippen molar-refractivity contribution in [3.05, 3.63) is 17.5 Å². The second-order valence-corrected chi connectivity index (χ2v) is 3.65. The summed E-state index contributed by atoms with van der Waals surface area (Å²) in [6.45, 7) is 1.60. The molecule has 20 heavy (non-hydrogen) atoms. The number of carbonyl (C=O) groups is 1. The Bertz CT molecular complexity index is 493. The van der Waals surface area contributed by atoms with Crippen LogP contribution in [0.5, 0.6) is 11.5 Å². The van der Waals surface area contributed by atoms with Crippen LogP contribution in [0.25, 0.3) is 0 Å². The summed E-state index contributed by atoms with van der Waals surface area (Å²) in [6, 6.07) is 0. The molecule has 0 atom stereocenters. The van der Waals surface area contributed by atoms with Gasteiger partial charge in [0, 0.05) is 6.20 Å². The van der Waals surface area contributed by atoms with E-state index in [2.05, 4.69) is 9.72 Å². The highest BCUT2D eigenvalue weighted by Gasteiger charge is 2.35. The van der Waals surface area contributed by atoms with Gasteiger partial charge in [0.25, 0.3) is 0 Å². The molecule has 0 aromatic carbocycles. The first-order valence-corrected chi connectivity index (χ1v) is 5.92. The predicted octanol–water partition coefficient (Wildman–Crippen LogP) is 2.90. The SMILES string of the molecule is CCOC(=O)c1cnc(CCl)c(OC(F)(F)F)c1OC. The van der Waals surface area contributed by atoms with Gasteiger partial charge in [-0.1, -0.05) is 0 Å². The van der Waals surface area contributed by atoms with Crippen LogP contribution in [0.15, 0.2) is 6.20 Å². The van der Waals surface area contributed by atoms with Crippen LogP contribution in [0.2, 0.25) is 0 Å². The van der Waals surface area contributed by atoms with Gasteiger partial charge in [0.05, 0.1) is 19.6 Å². The number of alkyl halides is 4. The first kappa shape index (κ1) is 16.4. The molecule has 0 saturated carbocycles. The molecule has 0 amide bonds. The van der Waals surface area contributed by atoms with Gasteiger partial charge in [-0.15, -0.1) is 24.8 Å². The Morgan fingerprint density at radius 1 is 1.40 bits per heavy atom. The summed E-state index contributed by atoms with van der Waals surface area (Å²) in [5.41, 5.74) is -0.476. The fraction of sp³-hybridized carbons (Fsp3) is 0.455. The highest BCUT2D eigenvalue weighted by molar-refractivity contribution is 6.17. The Labute approximate surface area is 117 Å². The van der Waals surface area contributed by atoms with E-state index in [1.165, 1.54) is 0 Å². The molecule has 0 N–H and O–H groups in total. The van der Waals surface area contributed by atoms with Crippen molar-refractivity contribution in [1.82, 2.24) is 4.98 Å². The number of nitrogens with zero attached hydrogens (tertiary/aromatic N) is 1. The molecule has 0 aliphatic carbocycles. The van der Waals surface area contributed by atoms with Gasteiger partial charge in [-0.25, -0.2) is 4.79 Å². The molecule has 0 saturated heterocycles. The second kappa shape index (κ2) is 6.65. The maximum Gasteiger partial charge on any atom is 0.573 e. The van der Waals surface area contributed by atoms with Crippen molar-refractivity contribution in [2.45, 2.75) is 19.2 Å². The standard InChI is InChI=1S/C11H11ClF3NO4/c1-3-19-10(17)6-5-16-7(4-12)9(8(6)18-2)20-11(13,14)15/h5H,3-4H2,1-2H3. The van der Waals surface area contributed by atoms with Crippen LogP contribution in [0.3, 0.4) is 0 Å². The van der Waals surface area contributed by atoms with Gasteiger partial charge >= 0.3 is 12.3 Å². The first-order chi connectivity index (χ1) is 9.34. The largest absolute Gasteiger partial charge is 0.573 e. The molecule has 0 spiro atoms. The maximum atomic E-state index is 12.4. The van der Waals surface area contributed by atoms with E-state index >= 15 is 0 Å². The lowest BCUT2D eigenvalue weighted by molar-refractivity contribution is -0.275. The van der Waals surface area contributed by atoms with E-state index in [-0.39, 0.29) is 23.7 Å². The van der Waals surface area contributed by atoms with Crippen LogP contribution >= 0.6 is 11.6 Å². The van der Waals surface area contributed by atoms with Crippen molar-refractivity contribution < 1.29 is 32.2 Å². The average molecular weight is 314 g/mol. The van der Waals surface area contributed by atoms with Gasteiger partial charge < -0.3 is 14.2 Å². The number of hydrogen-bond acceptors (Lipinski definition) is 5. The van der Waals surface area contributed by atoms with E-state index in [0.717, 1.165) is 13.3 Å². The number of esters is 1. The smallest absolute Gasteiger partial charge is 0.492 e. The zero-order valence-corrected chi connectivity index (χ0v) is 11.3. The molecule has 0 fully saturated rings. The number of hydrogen-bond donors (Lipinski definition) is 0. The lowest BCUT2D eigenvalue weighted by Crippen LogP contribution is -2.20. The number of methoxy groups -OCH3 is 1. The third-order valence-corrected chi connectivity index (χ3v) is 2.36. The number of ether oxygens (including phenoxy) is 3. The Hall–Kier alpha value is -1.70. The molecule has 5 nitrogen and oxygen atoms in total. The summed E-state index contributed by atoms with van der Waals surface area (Å²) < 4.78 is 50.5. The highest BCUT2D eigenvalue weighted by Crippen LogP contribution is 2.38. The first-order valence-electron chi connectivity index (χ1n) is 5.38. The van der Waals surface area contributed by atoms with Crippen LogP contribution in [0.1, 0.15) is 23.0 Å². The molecule has 1 heterocycles. The van der Waals surface area contributed by atoms with Crippen molar-refractivity contribution in [3.63, 3.8) is 0 Å². The Kier molecular flexibility index (Phi) is 5.43. The lowest BCUT2D eigenvalue weighted by atomic mass is 10.2. The fourth-order valence-corrected chi connectivity index (χ4v) is 1.58. The van der Waals surface area contributed by atoms with Gasteiger partial charge in [0.2, 0.25) is 0 Å². The lowest BCUT2D eigenvalue weighted by Gasteiger charge is -2.16. The number of carbonyl (C=O) groups excluding carboxylic acids is 1. The third kappa shape index (κ3) is 3.89. The molecule has 112 valence electrons. The third-order valence-electron chi connectivity index (χ3n) is 2.11. The second-order valence-electron chi connectivity index (χ2n) is 3.38. The normalized spacial score (nSPS) is 11.1.